The maximum absolute atomic E-state index is 12.7. The molecule has 11 heteroatoms. The molecule has 9 nitrogen and oxygen atoms in total. The molecule has 2 N–H and O–H groups in total. The Morgan fingerprint density at radius 1 is 1.12 bits per heavy atom. The lowest BCUT2D eigenvalue weighted by Gasteiger charge is -2.20. The lowest BCUT2D eigenvalue weighted by Crippen LogP contribution is -2.42. The highest BCUT2D eigenvalue weighted by molar-refractivity contribution is 6.39. The van der Waals surface area contributed by atoms with Crippen molar-refractivity contribution in [1.82, 2.24) is 15.1 Å². The molecule has 0 unspecified atom stereocenters. The van der Waals surface area contributed by atoms with Gasteiger partial charge in [-0.3, -0.25) is 9.59 Å². The lowest BCUT2D eigenvalue weighted by atomic mass is 10.0. The van der Waals surface area contributed by atoms with E-state index in [9.17, 15) is 19.5 Å². The van der Waals surface area contributed by atoms with Crippen LogP contribution < -0.4 is 20.3 Å². The van der Waals surface area contributed by atoms with Crippen LogP contribution in [0.25, 0.3) is 11.1 Å². The molecule has 0 spiro atoms. The average Bonchev–Trinajstić information content (AvgIpc) is 2.80. The zero-order valence-corrected chi connectivity index (χ0v) is 19.4. The second-order valence-corrected chi connectivity index (χ2v) is 8.31. The van der Waals surface area contributed by atoms with Gasteiger partial charge in [0, 0.05) is 13.5 Å². The molecule has 176 valence electrons. The second-order valence-electron chi connectivity index (χ2n) is 7.50. The maximum atomic E-state index is 12.7. The summed E-state index contributed by atoms with van der Waals surface area (Å²) in [6, 6.07) is 10.0. The Hall–Kier alpha value is -3.56. The van der Waals surface area contributed by atoms with Gasteiger partial charge in [0.05, 0.1) is 21.2 Å². The highest BCUT2D eigenvalue weighted by Crippen LogP contribution is 2.35. The summed E-state index contributed by atoms with van der Waals surface area (Å²) in [5.41, 5.74) is 1.14. The molecular formula is C23H19Cl2N3O6. The number of hydrogen-bond acceptors (Lipinski definition) is 6. The Bertz CT molecular complexity index is 1300. The monoisotopic (exact) mass is 503 g/mol. The van der Waals surface area contributed by atoms with Crippen molar-refractivity contribution in [1.29, 1.82) is 0 Å². The molecule has 0 saturated carbocycles. The van der Waals surface area contributed by atoms with E-state index in [1.807, 2.05) is 0 Å². The first-order chi connectivity index (χ1) is 16.3. The second kappa shape index (κ2) is 9.74. The van der Waals surface area contributed by atoms with E-state index in [4.69, 9.17) is 32.7 Å². The standard InChI is InChI=1S/C23H19Cl2N3O6/c1-28-22(30)17(19-21(27-28)34-10-9-33-19)13-7-5-12(6-8-13)11-16(23(31)32)26-20(29)18-14(24)3-2-4-15(18)25/h2-8,16H,9-11H2,1H3,(H,26,29)(H,31,32)/t16-/m0/s1. The molecule has 0 fully saturated rings. The van der Waals surface area contributed by atoms with Crippen molar-refractivity contribution >= 4 is 35.1 Å². The highest BCUT2D eigenvalue weighted by Gasteiger charge is 2.25. The Balaban J connectivity index is 1.57. The van der Waals surface area contributed by atoms with Crippen molar-refractivity contribution in [2.75, 3.05) is 13.2 Å². The number of ether oxygens (including phenoxy) is 2. The van der Waals surface area contributed by atoms with Gasteiger partial charge in [0.25, 0.3) is 17.3 Å². The third-order valence-electron chi connectivity index (χ3n) is 5.21. The van der Waals surface area contributed by atoms with Crippen LogP contribution >= 0.6 is 23.2 Å². The number of hydrogen-bond donors (Lipinski definition) is 2. The van der Waals surface area contributed by atoms with E-state index in [1.54, 1.807) is 30.3 Å². The van der Waals surface area contributed by atoms with E-state index in [0.29, 0.717) is 29.9 Å². The summed E-state index contributed by atoms with van der Waals surface area (Å²) in [6.45, 7) is 0.626. The Kier molecular flexibility index (Phi) is 6.76. The molecule has 0 saturated heterocycles. The van der Waals surface area contributed by atoms with Crippen LogP contribution in [0.15, 0.2) is 47.3 Å². The number of nitrogens with one attached hydrogen (secondary N) is 1. The van der Waals surface area contributed by atoms with Crippen molar-refractivity contribution in [3.63, 3.8) is 0 Å². The number of halogens is 2. The molecule has 1 aliphatic heterocycles. The predicted octanol–water partition coefficient (Wildman–Crippen LogP) is 2.95. The van der Waals surface area contributed by atoms with Gasteiger partial charge >= 0.3 is 5.97 Å². The van der Waals surface area contributed by atoms with Crippen LogP contribution in [0.5, 0.6) is 11.6 Å². The summed E-state index contributed by atoms with van der Waals surface area (Å²) in [4.78, 5) is 37.2. The first-order valence-corrected chi connectivity index (χ1v) is 11.0. The van der Waals surface area contributed by atoms with Crippen molar-refractivity contribution < 1.29 is 24.2 Å². The van der Waals surface area contributed by atoms with Gasteiger partial charge in [0.2, 0.25) is 0 Å². The molecule has 0 bridgehead atoms. The van der Waals surface area contributed by atoms with E-state index in [0.717, 1.165) is 0 Å². The number of aromatic nitrogens is 2. The SMILES string of the molecule is Cn1nc2c(c(-c3ccc(C[C@H](NC(=O)c4c(Cl)cccc4Cl)C(=O)O)cc3)c1=O)OCCO2. The largest absolute Gasteiger partial charge is 0.484 e. The van der Waals surface area contributed by atoms with Gasteiger partial charge in [-0.1, -0.05) is 53.5 Å². The fraction of sp³-hybridized carbons (Fsp3) is 0.217. The molecule has 34 heavy (non-hydrogen) atoms. The topological polar surface area (TPSA) is 120 Å². The first-order valence-electron chi connectivity index (χ1n) is 10.2. The number of carbonyl (C=O) groups excluding carboxylic acids is 1. The summed E-state index contributed by atoms with van der Waals surface area (Å²) < 4.78 is 12.3. The smallest absolute Gasteiger partial charge is 0.326 e. The highest BCUT2D eigenvalue weighted by atomic mass is 35.5. The number of nitrogens with zero attached hydrogens (tertiary/aromatic N) is 2. The number of carboxylic acids is 1. The Morgan fingerprint density at radius 2 is 1.76 bits per heavy atom. The summed E-state index contributed by atoms with van der Waals surface area (Å²) in [7, 11) is 1.52. The van der Waals surface area contributed by atoms with Crippen molar-refractivity contribution in [3.8, 4) is 22.8 Å². The molecule has 1 atom stereocenters. The molecule has 4 rings (SSSR count). The van der Waals surface area contributed by atoms with Gasteiger partial charge in [0.15, 0.2) is 5.75 Å². The molecule has 1 aliphatic rings. The van der Waals surface area contributed by atoms with Crippen LogP contribution in [0.2, 0.25) is 10.0 Å². The van der Waals surface area contributed by atoms with E-state index in [-0.39, 0.29) is 39.2 Å². The number of rotatable bonds is 6. The molecule has 2 heterocycles. The minimum Gasteiger partial charge on any atom is -0.484 e. The molecule has 0 radical (unpaired) electrons. The summed E-state index contributed by atoms with van der Waals surface area (Å²) in [6.07, 6.45) is -0.00447. The van der Waals surface area contributed by atoms with Crippen molar-refractivity contribution in [3.05, 3.63) is 74.0 Å². The summed E-state index contributed by atoms with van der Waals surface area (Å²) >= 11 is 12.1. The predicted molar refractivity (Wildman–Crippen MR) is 125 cm³/mol. The van der Waals surface area contributed by atoms with Crippen LogP contribution in [0, 0.1) is 0 Å². The number of fused-ring (bicyclic) bond motifs is 1. The van der Waals surface area contributed by atoms with Crippen LogP contribution in [0.1, 0.15) is 15.9 Å². The number of aryl methyl sites for hydroxylation is 1. The normalized spacial score (nSPS) is 13.3. The van der Waals surface area contributed by atoms with E-state index in [1.165, 1.54) is 23.9 Å². The van der Waals surface area contributed by atoms with Gasteiger partial charge in [-0.05, 0) is 23.3 Å². The van der Waals surface area contributed by atoms with Crippen LogP contribution in [-0.2, 0) is 18.3 Å². The van der Waals surface area contributed by atoms with Gasteiger partial charge in [0.1, 0.15) is 19.3 Å². The quantitative estimate of drug-likeness (QED) is 0.530. The third kappa shape index (κ3) is 4.71. The number of carboxylic acid groups (broad SMARTS) is 1. The minimum atomic E-state index is -1.23. The fourth-order valence-electron chi connectivity index (χ4n) is 3.55. The number of amides is 1. The lowest BCUT2D eigenvalue weighted by molar-refractivity contribution is -0.139. The molecule has 3 aromatic rings. The van der Waals surface area contributed by atoms with Crippen LogP contribution in [-0.4, -0.2) is 46.0 Å². The number of carbonyl (C=O) groups is 2. The first kappa shape index (κ1) is 23.6. The van der Waals surface area contributed by atoms with E-state index >= 15 is 0 Å². The molecular weight excluding hydrogens is 485 g/mol. The maximum Gasteiger partial charge on any atom is 0.326 e. The zero-order chi connectivity index (χ0) is 24.4. The summed E-state index contributed by atoms with van der Waals surface area (Å²) in [5.74, 6) is -1.40. The number of aliphatic carboxylic acids is 1. The molecule has 1 aromatic heterocycles. The fourth-order valence-corrected chi connectivity index (χ4v) is 4.12. The van der Waals surface area contributed by atoms with Crippen molar-refractivity contribution in [2.24, 2.45) is 7.05 Å². The van der Waals surface area contributed by atoms with Crippen LogP contribution in [0.4, 0.5) is 0 Å². The van der Waals surface area contributed by atoms with E-state index in [2.05, 4.69) is 10.4 Å². The third-order valence-corrected chi connectivity index (χ3v) is 5.84. The zero-order valence-electron chi connectivity index (χ0n) is 17.9. The minimum absolute atomic E-state index is 0.00447. The van der Waals surface area contributed by atoms with E-state index < -0.39 is 17.9 Å². The van der Waals surface area contributed by atoms with Gasteiger partial charge in [-0.2, -0.15) is 0 Å². The van der Waals surface area contributed by atoms with Gasteiger partial charge in [-0.15, -0.1) is 5.10 Å². The van der Waals surface area contributed by atoms with Crippen molar-refractivity contribution in [2.45, 2.75) is 12.5 Å². The Morgan fingerprint density at radius 3 is 2.41 bits per heavy atom. The summed E-state index contributed by atoms with van der Waals surface area (Å²) in [5, 5.41) is 16.4. The molecule has 0 aliphatic carbocycles. The van der Waals surface area contributed by atoms with Gasteiger partial charge < -0.3 is 19.9 Å². The Labute approximate surface area is 203 Å². The van der Waals surface area contributed by atoms with Crippen LogP contribution in [0.3, 0.4) is 0 Å². The number of benzene rings is 2. The molecule has 1 amide bonds. The van der Waals surface area contributed by atoms with Gasteiger partial charge in [-0.25, -0.2) is 9.48 Å². The molecule has 2 aromatic carbocycles. The average molecular weight is 504 g/mol.